The fourth-order valence-electron chi connectivity index (χ4n) is 2.94. The number of piperazine rings is 1. The van der Waals surface area contributed by atoms with Crippen LogP contribution in [0, 0.1) is 22.7 Å². The van der Waals surface area contributed by atoms with Gasteiger partial charge in [0.15, 0.2) is 0 Å². The van der Waals surface area contributed by atoms with E-state index in [-0.39, 0.29) is 11.5 Å². The molecule has 1 saturated heterocycles. The minimum absolute atomic E-state index is 0.114. The van der Waals surface area contributed by atoms with Crippen LogP contribution in [0.1, 0.15) is 11.1 Å². The van der Waals surface area contributed by atoms with Gasteiger partial charge in [0.2, 0.25) is 0 Å². The summed E-state index contributed by atoms with van der Waals surface area (Å²) in [5.41, 5.74) is 2.54. The number of carbonyl (C=O) groups is 1. The van der Waals surface area contributed by atoms with E-state index in [0.29, 0.717) is 18.7 Å². The summed E-state index contributed by atoms with van der Waals surface area (Å²) in [6, 6.07) is 21.0. The van der Waals surface area contributed by atoms with Crippen LogP contribution in [0.3, 0.4) is 0 Å². The van der Waals surface area contributed by atoms with Gasteiger partial charge in [0.1, 0.15) is 11.6 Å². The molecule has 1 fully saturated rings. The van der Waals surface area contributed by atoms with Gasteiger partial charge in [-0.25, -0.2) is 0 Å². The molecule has 2 aromatic carbocycles. The summed E-state index contributed by atoms with van der Waals surface area (Å²) in [5.74, 6) is -0.246. The molecule has 1 aliphatic heterocycles. The summed E-state index contributed by atoms with van der Waals surface area (Å²) in [4.78, 5) is 16.6. The number of nitriles is 2. The molecular weight excluding hydrogens is 324 g/mol. The molecule has 0 spiro atoms. The summed E-state index contributed by atoms with van der Waals surface area (Å²) in [7, 11) is 0. The molecule has 5 heteroatoms. The maximum absolute atomic E-state index is 12.7. The fourth-order valence-corrected chi connectivity index (χ4v) is 2.94. The van der Waals surface area contributed by atoms with Crippen LogP contribution in [0.2, 0.25) is 0 Å². The predicted octanol–water partition coefficient (Wildman–Crippen LogP) is 2.81. The second-order valence-corrected chi connectivity index (χ2v) is 6.02. The van der Waals surface area contributed by atoms with E-state index in [1.807, 2.05) is 30.3 Å². The Morgan fingerprint density at radius 2 is 1.58 bits per heavy atom. The number of nitrogens with zero attached hydrogens (tertiary/aromatic N) is 4. The van der Waals surface area contributed by atoms with Crippen molar-refractivity contribution in [2.24, 2.45) is 0 Å². The van der Waals surface area contributed by atoms with Gasteiger partial charge in [-0.05, 0) is 35.9 Å². The molecule has 0 aromatic heterocycles. The Balaban J connectivity index is 1.67. The largest absolute Gasteiger partial charge is 0.368 e. The van der Waals surface area contributed by atoms with E-state index in [9.17, 15) is 10.1 Å². The fraction of sp³-hybridized carbons (Fsp3) is 0.190. The highest BCUT2D eigenvalue weighted by Gasteiger charge is 2.23. The van der Waals surface area contributed by atoms with E-state index >= 15 is 0 Å². The zero-order valence-corrected chi connectivity index (χ0v) is 14.3. The van der Waals surface area contributed by atoms with Crippen molar-refractivity contribution in [1.29, 1.82) is 10.5 Å². The molecule has 26 heavy (non-hydrogen) atoms. The number of anilines is 1. The Morgan fingerprint density at radius 3 is 2.15 bits per heavy atom. The molecule has 0 N–H and O–H groups in total. The van der Waals surface area contributed by atoms with Gasteiger partial charge in [-0.3, -0.25) is 4.79 Å². The van der Waals surface area contributed by atoms with E-state index in [2.05, 4.69) is 17.0 Å². The van der Waals surface area contributed by atoms with Crippen LogP contribution >= 0.6 is 0 Å². The van der Waals surface area contributed by atoms with Gasteiger partial charge >= 0.3 is 0 Å². The monoisotopic (exact) mass is 342 g/mol. The normalized spacial score (nSPS) is 14.5. The second-order valence-electron chi connectivity index (χ2n) is 6.02. The summed E-state index contributed by atoms with van der Waals surface area (Å²) < 4.78 is 0. The van der Waals surface area contributed by atoms with Gasteiger partial charge < -0.3 is 9.80 Å². The highest BCUT2D eigenvalue weighted by Crippen LogP contribution is 2.17. The van der Waals surface area contributed by atoms with Crippen molar-refractivity contribution in [3.05, 3.63) is 71.3 Å². The lowest BCUT2D eigenvalue weighted by Crippen LogP contribution is -2.49. The Labute approximate surface area is 153 Å². The van der Waals surface area contributed by atoms with E-state index in [1.165, 1.54) is 0 Å². The van der Waals surface area contributed by atoms with E-state index < -0.39 is 0 Å². The first-order valence-corrected chi connectivity index (χ1v) is 8.42. The molecule has 2 aromatic rings. The Morgan fingerprint density at radius 1 is 0.923 bits per heavy atom. The van der Waals surface area contributed by atoms with Crippen molar-refractivity contribution in [3.63, 3.8) is 0 Å². The summed E-state index contributed by atoms with van der Waals surface area (Å²) in [6.07, 6.45) is 1.58. The molecule has 0 saturated carbocycles. The lowest BCUT2D eigenvalue weighted by atomic mass is 10.1. The van der Waals surface area contributed by atoms with Gasteiger partial charge in [0.05, 0.1) is 11.6 Å². The minimum Gasteiger partial charge on any atom is -0.368 e. The number of hydrogen-bond acceptors (Lipinski definition) is 4. The number of carbonyl (C=O) groups excluding carboxylic acids is 1. The number of para-hydroxylation sites is 1. The minimum atomic E-state index is -0.246. The van der Waals surface area contributed by atoms with Crippen LogP contribution in [0.25, 0.3) is 6.08 Å². The molecular formula is C21H18N4O. The first kappa shape index (κ1) is 17.3. The van der Waals surface area contributed by atoms with E-state index in [0.717, 1.165) is 24.3 Å². The molecule has 0 bridgehead atoms. The highest BCUT2D eigenvalue weighted by molar-refractivity contribution is 6.01. The van der Waals surface area contributed by atoms with Crippen LogP contribution in [-0.4, -0.2) is 37.0 Å². The molecule has 3 rings (SSSR count). The third kappa shape index (κ3) is 3.91. The second kappa shape index (κ2) is 8.00. The summed E-state index contributed by atoms with van der Waals surface area (Å²) >= 11 is 0. The SMILES string of the molecule is N#C/C(=C/c1ccc(C#N)cc1)C(=O)N1CCN(c2ccccc2)CC1. The molecule has 128 valence electrons. The number of amides is 1. The predicted molar refractivity (Wildman–Crippen MR) is 100.0 cm³/mol. The zero-order valence-electron chi connectivity index (χ0n) is 14.3. The maximum atomic E-state index is 12.7. The van der Waals surface area contributed by atoms with E-state index in [1.54, 1.807) is 35.2 Å². The molecule has 1 amide bonds. The molecule has 5 nitrogen and oxygen atoms in total. The van der Waals surface area contributed by atoms with Crippen molar-refractivity contribution >= 4 is 17.7 Å². The Hall–Kier alpha value is -3.57. The quantitative estimate of drug-likeness (QED) is 0.635. The molecule has 0 radical (unpaired) electrons. The average Bonchev–Trinajstić information content (AvgIpc) is 2.72. The van der Waals surface area contributed by atoms with Gasteiger partial charge in [-0.1, -0.05) is 30.3 Å². The molecule has 0 aliphatic carbocycles. The lowest BCUT2D eigenvalue weighted by Gasteiger charge is -2.36. The van der Waals surface area contributed by atoms with Crippen molar-refractivity contribution in [3.8, 4) is 12.1 Å². The standard InChI is InChI=1S/C21H18N4O/c22-15-18-8-6-17(7-9-18)14-19(16-23)21(26)25-12-10-24(11-13-25)20-4-2-1-3-5-20/h1-9,14H,10-13H2/b19-14-. The van der Waals surface area contributed by atoms with Crippen LogP contribution in [-0.2, 0) is 4.79 Å². The van der Waals surface area contributed by atoms with Gasteiger partial charge in [-0.15, -0.1) is 0 Å². The lowest BCUT2D eigenvalue weighted by molar-refractivity contribution is -0.126. The van der Waals surface area contributed by atoms with Gasteiger partial charge in [-0.2, -0.15) is 10.5 Å². The first-order chi connectivity index (χ1) is 12.7. The summed E-state index contributed by atoms with van der Waals surface area (Å²) in [5, 5.41) is 18.2. The third-order valence-electron chi connectivity index (χ3n) is 4.39. The molecule has 1 heterocycles. The number of hydrogen-bond donors (Lipinski definition) is 0. The van der Waals surface area contributed by atoms with Crippen molar-refractivity contribution in [1.82, 2.24) is 4.90 Å². The van der Waals surface area contributed by atoms with Crippen molar-refractivity contribution in [2.45, 2.75) is 0 Å². The topological polar surface area (TPSA) is 71.1 Å². The first-order valence-electron chi connectivity index (χ1n) is 8.42. The summed E-state index contributed by atoms with van der Waals surface area (Å²) in [6.45, 7) is 2.65. The number of benzene rings is 2. The smallest absolute Gasteiger partial charge is 0.264 e. The van der Waals surface area contributed by atoms with Crippen LogP contribution in [0.15, 0.2) is 60.2 Å². The zero-order chi connectivity index (χ0) is 18.4. The molecule has 0 unspecified atom stereocenters. The number of rotatable bonds is 3. The van der Waals surface area contributed by atoms with Gasteiger partial charge in [0, 0.05) is 31.9 Å². The van der Waals surface area contributed by atoms with Gasteiger partial charge in [0.25, 0.3) is 5.91 Å². The van der Waals surface area contributed by atoms with Crippen molar-refractivity contribution < 1.29 is 4.79 Å². The van der Waals surface area contributed by atoms with Crippen LogP contribution in [0.4, 0.5) is 5.69 Å². The molecule has 0 atom stereocenters. The van der Waals surface area contributed by atoms with Crippen LogP contribution in [0.5, 0.6) is 0 Å². The van der Waals surface area contributed by atoms with Crippen LogP contribution < -0.4 is 4.90 Å². The average molecular weight is 342 g/mol. The Bertz CT molecular complexity index is 880. The third-order valence-corrected chi connectivity index (χ3v) is 4.39. The Kier molecular flexibility index (Phi) is 5.31. The van der Waals surface area contributed by atoms with Crippen molar-refractivity contribution in [2.75, 3.05) is 31.1 Å². The van der Waals surface area contributed by atoms with E-state index in [4.69, 9.17) is 5.26 Å². The molecule has 1 aliphatic rings. The maximum Gasteiger partial charge on any atom is 0.264 e. The highest BCUT2D eigenvalue weighted by atomic mass is 16.2.